The van der Waals surface area contributed by atoms with Crippen molar-refractivity contribution in [3.63, 3.8) is 0 Å². The molecule has 3 rings (SSSR count). The maximum absolute atomic E-state index is 5.87. The van der Waals surface area contributed by atoms with Gasteiger partial charge in [0.2, 0.25) is 0 Å². The molecule has 0 aliphatic heterocycles. The second kappa shape index (κ2) is 6.85. The fourth-order valence-electron chi connectivity index (χ4n) is 2.51. The van der Waals surface area contributed by atoms with Gasteiger partial charge in [0.05, 0.1) is 17.8 Å². The summed E-state index contributed by atoms with van der Waals surface area (Å²) in [6, 6.07) is 14.0. The van der Waals surface area contributed by atoms with Crippen LogP contribution >= 0.6 is 0 Å². The molecule has 1 aromatic carbocycles. The number of imidazole rings is 1. The largest absolute Gasteiger partial charge is 0.486 e. The number of benzene rings is 1. The average Bonchev–Trinajstić information content (AvgIpc) is 2.90. The fourth-order valence-corrected chi connectivity index (χ4v) is 2.51. The first-order valence-electron chi connectivity index (χ1n) is 7.54. The van der Waals surface area contributed by atoms with Gasteiger partial charge in [-0.1, -0.05) is 36.4 Å². The molecule has 0 spiro atoms. The SMILES string of the molecule is C#CCc1c(C)nc2c(OCC=Cc3ccccc3)cccn12. The number of aryl methyl sites for hydroxylation is 1. The van der Waals surface area contributed by atoms with Gasteiger partial charge >= 0.3 is 0 Å². The van der Waals surface area contributed by atoms with Crippen LogP contribution in [0.2, 0.25) is 0 Å². The number of rotatable bonds is 5. The lowest BCUT2D eigenvalue weighted by molar-refractivity contribution is 0.365. The molecule has 2 heterocycles. The van der Waals surface area contributed by atoms with Crippen LogP contribution in [0, 0.1) is 19.3 Å². The zero-order chi connectivity index (χ0) is 16.1. The van der Waals surface area contributed by atoms with Gasteiger partial charge in [0.15, 0.2) is 11.4 Å². The van der Waals surface area contributed by atoms with Crippen molar-refractivity contribution in [2.24, 2.45) is 0 Å². The second-order valence-corrected chi connectivity index (χ2v) is 5.21. The Bertz CT molecular complexity index is 870. The highest BCUT2D eigenvalue weighted by molar-refractivity contribution is 5.56. The van der Waals surface area contributed by atoms with E-state index in [0.29, 0.717) is 13.0 Å². The Labute approximate surface area is 136 Å². The minimum absolute atomic E-state index is 0.491. The van der Waals surface area contributed by atoms with Crippen molar-refractivity contribution in [1.29, 1.82) is 0 Å². The highest BCUT2D eigenvalue weighted by Crippen LogP contribution is 2.22. The van der Waals surface area contributed by atoms with Crippen molar-refractivity contribution in [3.05, 3.63) is 71.7 Å². The van der Waals surface area contributed by atoms with Gasteiger partial charge in [-0.25, -0.2) is 4.98 Å². The van der Waals surface area contributed by atoms with Crippen LogP contribution in [-0.4, -0.2) is 16.0 Å². The van der Waals surface area contributed by atoms with E-state index in [9.17, 15) is 0 Å². The number of pyridine rings is 1. The molecule has 0 amide bonds. The van der Waals surface area contributed by atoms with Crippen LogP contribution in [0.1, 0.15) is 17.0 Å². The lowest BCUT2D eigenvalue weighted by Gasteiger charge is -2.05. The van der Waals surface area contributed by atoms with Crippen molar-refractivity contribution >= 4 is 11.7 Å². The van der Waals surface area contributed by atoms with Crippen LogP contribution < -0.4 is 4.74 Å². The van der Waals surface area contributed by atoms with Gasteiger partial charge < -0.3 is 4.74 Å². The molecule has 0 radical (unpaired) electrons. The molecular formula is C20H18N2O. The molecule has 0 saturated heterocycles. The number of fused-ring (bicyclic) bond motifs is 1. The molecule has 3 nitrogen and oxygen atoms in total. The van der Waals surface area contributed by atoms with Gasteiger partial charge in [-0.2, -0.15) is 0 Å². The minimum Gasteiger partial charge on any atom is -0.486 e. The maximum atomic E-state index is 5.87. The number of nitrogens with zero attached hydrogens (tertiary/aromatic N) is 2. The van der Waals surface area contributed by atoms with Crippen LogP contribution in [0.3, 0.4) is 0 Å². The van der Waals surface area contributed by atoms with Crippen LogP contribution in [-0.2, 0) is 6.42 Å². The first kappa shape index (κ1) is 14.9. The number of aromatic nitrogens is 2. The first-order chi connectivity index (χ1) is 11.3. The van der Waals surface area contributed by atoms with Crippen molar-refractivity contribution in [3.8, 4) is 18.1 Å². The summed E-state index contributed by atoms with van der Waals surface area (Å²) in [6.07, 6.45) is 12.0. The fraction of sp³-hybridized carbons (Fsp3) is 0.150. The van der Waals surface area contributed by atoms with Gasteiger partial charge in [0.1, 0.15) is 6.61 Å². The van der Waals surface area contributed by atoms with Crippen molar-refractivity contribution in [1.82, 2.24) is 9.38 Å². The van der Waals surface area contributed by atoms with Crippen molar-refractivity contribution in [2.45, 2.75) is 13.3 Å². The maximum Gasteiger partial charge on any atom is 0.180 e. The molecule has 2 aromatic heterocycles. The first-order valence-corrected chi connectivity index (χ1v) is 7.54. The van der Waals surface area contributed by atoms with Crippen LogP contribution in [0.4, 0.5) is 0 Å². The molecule has 0 bridgehead atoms. The predicted octanol–water partition coefficient (Wildman–Crippen LogP) is 3.91. The highest BCUT2D eigenvalue weighted by atomic mass is 16.5. The van der Waals surface area contributed by atoms with Gasteiger partial charge in [0, 0.05) is 6.20 Å². The molecule has 0 N–H and O–H groups in total. The predicted molar refractivity (Wildman–Crippen MR) is 93.4 cm³/mol. The summed E-state index contributed by atoms with van der Waals surface area (Å²) in [5.74, 6) is 3.44. The van der Waals surface area contributed by atoms with Crippen molar-refractivity contribution < 1.29 is 4.74 Å². The van der Waals surface area contributed by atoms with Gasteiger partial charge in [-0.15, -0.1) is 12.3 Å². The molecule has 0 fully saturated rings. The Morgan fingerprint density at radius 3 is 2.83 bits per heavy atom. The van der Waals surface area contributed by atoms with Gasteiger partial charge in [0.25, 0.3) is 0 Å². The topological polar surface area (TPSA) is 26.5 Å². The third kappa shape index (κ3) is 3.27. The van der Waals surface area contributed by atoms with Crippen molar-refractivity contribution in [2.75, 3.05) is 6.61 Å². The van der Waals surface area contributed by atoms with Gasteiger partial charge in [-0.05, 0) is 30.7 Å². The van der Waals surface area contributed by atoms with Crippen LogP contribution in [0.15, 0.2) is 54.7 Å². The molecule has 0 atom stereocenters. The van der Waals surface area contributed by atoms with E-state index < -0.39 is 0 Å². The molecule has 3 heteroatoms. The third-order valence-corrected chi connectivity index (χ3v) is 3.63. The van der Waals surface area contributed by atoms with E-state index >= 15 is 0 Å². The lowest BCUT2D eigenvalue weighted by Crippen LogP contribution is -1.98. The van der Waals surface area contributed by atoms with Crippen LogP contribution in [0.5, 0.6) is 5.75 Å². The summed E-state index contributed by atoms with van der Waals surface area (Å²) in [5.41, 5.74) is 3.94. The van der Waals surface area contributed by atoms with E-state index in [2.05, 4.69) is 23.0 Å². The number of hydrogen-bond donors (Lipinski definition) is 0. The Balaban J connectivity index is 1.77. The summed E-state index contributed by atoms with van der Waals surface area (Å²) in [4.78, 5) is 4.59. The van der Waals surface area contributed by atoms with E-state index in [0.717, 1.165) is 28.3 Å². The summed E-state index contributed by atoms with van der Waals surface area (Å²) < 4.78 is 7.87. The lowest BCUT2D eigenvalue weighted by atomic mass is 10.2. The number of terminal acetylenes is 1. The number of hydrogen-bond acceptors (Lipinski definition) is 2. The zero-order valence-corrected chi connectivity index (χ0v) is 13.1. The van der Waals surface area contributed by atoms with E-state index in [-0.39, 0.29) is 0 Å². The van der Waals surface area contributed by atoms with Crippen LogP contribution in [0.25, 0.3) is 11.7 Å². The molecule has 0 aliphatic carbocycles. The summed E-state index contributed by atoms with van der Waals surface area (Å²) in [7, 11) is 0. The summed E-state index contributed by atoms with van der Waals surface area (Å²) >= 11 is 0. The summed E-state index contributed by atoms with van der Waals surface area (Å²) in [6.45, 7) is 2.46. The average molecular weight is 302 g/mol. The smallest absolute Gasteiger partial charge is 0.180 e. The van der Waals surface area contributed by atoms with Gasteiger partial charge in [-0.3, -0.25) is 4.40 Å². The molecular weight excluding hydrogens is 284 g/mol. The molecule has 23 heavy (non-hydrogen) atoms. The molecule has 3 aromatic rings. The standard InChI is InChI=1S/C20H18N2O/c1-3-9-18-16(2)21-20-19(13-7-14-22(18)20)23-15-8-12-17-10-5-4-6-11-17/h1,4-8,10-14H,9,15H2,2H3. The Morgan fingerprint density at radius 1 is 1.22 bits per heavy atom. The van der Waals surface area contributed by atoms with E-state index in [1.54, 1.807) is 0 Å². The number of ether oxygens (including phenoxy) is 1. The second-order valence-electron chi connectivity index (χ2n) is 5.21. The highest BCUT2D eigenvalue weighted by Gasteiger charge is 2.11. The summed E-state index contributed by atoms with van der Waals surface area (Å²) in [5, 5.41) is 0. The van der Waals surface area contributed by atoms with E-state index in [1.807, 2.05) is 60.0 Å². The monoisotopic (exact) mass is 302 g/mol. The van der Waals surface area contributed by atoms with E-state index in [4.69, 9.17) is 11.2 Å². The Hall–Kier alpha value is -2.99. The molecule has 0 aliphatic rings. The molecule has 0 saturated carbocycles. The Morgan fingerprint density at radius 2 is 2.04 bits per heavy atom. The molecule has 0 unspecified atom stereocenters. The minimum atomic E-state index is 0.491. The van der Waals surface area contributed by atoms with E-state index in [1.165, 1.54) is 0 Å². The quantitative estimate of drug-likeness (QED) is 0.668. The molecule has 114 valence electrons. The third-order valence-electron chi connectivity index (χ3n) is 3.63. The Kier molecular flexibility index (Phi) is 4.44. The zero-order valence-electron chi connectivity index (χ0n) is 13.1. The normalized spacial score (nSPS) is 11.0.